The Bertz CT molecular complexity index is 330. The number of hydrogen-bond donors (Lipinski definition) is 1. The topological polar surface area (TPSA) is 29.5 Å². The highest BCUT2D eigenvalue weighted by Gasteiger charge is 2.33. The van der Waals surface area contributed by atoms with Crippen molar-refractivity contribution in [3.8, 4) is 0 Å². The molecule has 0 saturated heterocycles. The molecule has 1 aliphatic rings. The number of rotatable bonds is 5. The Morgan fingerprint density at radius 1 is 1.24 bits per heavy atom. The molecule has 1 saturated carbocycles. The summed E-state index contributed by atoms with van der Waals surface area (Å²) in [6.45, 7) is 0.382. The molecule has 0 aromatic heterocycles. The van der Waals surface area contributed by atoms with Gasteiger partial charge in [0.2, 0.25) is 0 Å². The summed E-state index contributed by atoms with van der Waals surface area (Å²) in [5, 5.41) is 10.8. The quantitative estimate of drug-likeness (QED) is 0.848. The first-order chi connectivity index (χ1) is 8.24. The standard InChI is InChI=1S/C15H22O2/c1-17-12-15(16,11-13-7-5-6-8-13)14-9-3-2-4-10-14/h2-4,9-10,13,16H,5-8,11-12H2,1H3. The van der Waals surface area contributed by atoms with E-state index in [0.29, 0.717) is 12.5 Å². The third-order valence-corrected chi connectivity index (χ3v) is 3.80. The second-order valence-corrected chi connectivity index (χ2v) is 5.19. The number of benzene rings is 1. The van der Waals surface area contributed by atoms with Crippen LogP contribution >= 0.6 is 0 Å². The van der Waals surface area contributed by atoms with Gasteiger partial charge in [0.15, 0.2) is 0 Å². The zero-order valence-electron chi connectivity index (χ0n) is 10.6. The summed E-state index contributed by atoms with van der Waals surface area (Å²) in [6, 6.07) is 9.92. The van der Waals surface area contributed by atoms with Gasteiger partial charge in [-0.15, -0.1) is 0 Å². The smallest absolute Gasteiger partial charge is 0.113 e. The molecule has 1 aromatic rings. The number of methoxy groups -OCH3 is 1. The number of hydrogen-bond acceptors (Lipinski definition) is 2. The van der Waals surface area contributed by atoms with Gasteiger partial charge in [0, 0.05) is 7.11 Å². The van der Waals surface area contributed by atoms with Gasteiger partial charge in [-0.3, -0.25) is 0 Å². The summed E-state index contributed by atoms with van der Waals surface area (Å²) in [7, 11) is 1.66. The minimum atomic E-state index is -0.814. The molecule has 94 valence electrons. The Balaban J connectivity index is 2.13. The van der Waals surface area contributed by atoms with Crippen molar-refractivity contribution in [2.45, 2.75) is 37.7 Å². The fourth-order valence-corrected chi connectivity index (χ4v) is 2.94. The minimum Gasteiger partial charge on any atom is -0.383 e. The maximum Gasteiger partial charge on any atom is 0.113 e. The largest absolute Gasteiger partial charge is 0.383 e. The maximum atomic E-state index is 10.8. The molecule has 1 aliphatic carbocycles. The summed E-state index contributed by atoms with van der Waals surface area (Å²) < 4.78 is 5.22. The van der Waals surface area contributed by atoms with Crippen molar-refractivity contribution in [3.63, 3.8) is 0 Å². The van der Waals surface area contributed by atoms with E-state index >= 15 is 0 Å². The highest BCUT2D eigenvalue weighted by Crippen LogP contribution is 2.36. The van der Waals surface area contributed by atoms with Crippen molar-refractivity contribution >= 4 is 0 Å². The average molecular weight is 234 g/mol. The second kappa shape index (κ2) is 5.65. The van der Waals surface area contributed by atoms with Crippen molar-refractivity contribution in [3.05, 3.63) is 35.9 Å². The lowest BCUT2D eigenvalue weighted by Gasteiger charge is -2.30. The van der Waals surface area contributed by atoms with Crippen LogP contribution < -0.4 is 0 Å². The molecule has 0 bridgehead atoms. The Morgan fingerprint density at radius 2 is 1.88 bits per heavy atom. The molecule has 1 unspecified atom stereocenters. The third kappa shape index (κ3) is 3.08. The molecule has 0 amide bonds. The van der Waals surface area contributed by atoms with Gasteiger partial charge in [-0.1, -0.05) is 56.0 Å². The van der Waals surface area contributed by atoms with E-state index in [1.807, 2.05) is 30.3 Å². The first-order valence-corrected chi connectivity index (χ1v) is 6.51. The van der Waals surface area contributed by atoms with Gasteiger partial charge in [-0.25, -0.2) is 0 Å². The third-order valence-electron chi connectivity index (χ3n) is 3.80. The van der Waals surface area contributed by atoms with Crippen molar-refractivity contribution in [1.29, 1.82) is 0 Å². The number of aliphatic hydroxyl groups is 1. The highest BCUT2D eigenvalue weighted by molar-refractivity contribution is 5.22. The zero-order chi connectivity index (χ0) is 12.1. The van der Waals surface area contributed by atoms with Crippen LogP contribution in [-0.4, -0.2) is 18.8 Å². The lowest BCUT2D eigenvalue weighted by atomic mass is 9.84. The van der Waals surface area contributed by atoms with Crippen LogP contribution in [0.4, 0.5) is 0 Å². The Labute approximate surface area is 104 Å². The first kappa shape index (κ1) is 12.6. The van der Waals surface area contributed by atoms with Crippen molar-refractivity contribution < 1.29 is 9.84 Å². The van der Waals surface area contributed by atoms with Crippen molar-refractivity contribution in [1.82, 2.24) is 0 Å². The molecule has 17 heavy (non-hydrogen) atoms. The molecule has 2 heteroatoms. The van der Waals surface area contributed by atoms with E-state index in [9.17, 15) is 5.11 Å². The molecule has 1 fully saturated rings. The van der Waals surface area contributed by atoms with E-state index in [1.165, 1.54) is 25.7 Å². The van der Waals surface area contributed by atoms with Crippen LogP contribution in [0.15, 0.2) is 30.3 Å². The zero-order valence-corrected chi connectivity index (χ0v) is 10.6. The van der Waals surface area contributed by atoms with E-state index < -0.39 is 5.60 Å². The molecule has 0 spiro atoms. The van der Waals surface area contributed by atoms with Crippen LogP contribution in [0.3, 0.4) is 0 Å². The lowest BCUT2D eigenvalue weighted by Crippen LogP contribution is -2.33. The number of ether oxygens (including phenoxy) is 1. The normalized spacial score (nSPS) is 20.4. The van der Waals surface area contributed by atoms with Gasteiger partial charge in [0.05, 0.1) is 6.61 Å². The molecule has 1 N–H and O–H groups in total. The van der Waals surface area contributed by atoms with Crippen LogP contribution in [0.25, 0.3) is 0 Å². The van der Waals surface area contributed by atoms with Gasteiger partial charge >= 0.3 is 0 Å². The molecule has 2 nitrogen and oxygen atoms in total. The van der Waals surface area contributed by atoms with Gasteiger partial charge in [-0.05, 0) is 17.9 Å². The molecule has 2 rings (SSSR count). The lowest BCUT2D eigenvalue weighted by molar-refractivity contribution is -0.0524. The fraction of sp³-hybridized carbons (Fsp3) is 0.600. The van der Waals surface area contributed by atoms with Crippen LogP contribution in [0.2, 0.25) is 0 Å². The Morgan fingerprint density at radius 3 is 2.47 bits per heavy atom. The Hall–Kier alpha value is -0.860. The summed E-state index contributed by atoms with van der Waals surface area (Å²) in [5.41, 5.74) is 0.166. The van der Waals surface area contributed by atoms with Crippen LogP contribution in [0, 0.1) is 5.92 Å². The van der Waals surface area contributed by atoms with Gasteiger partial charge in [0.25, 0.3) is 0 Å². The molecule has 0 radical (unpaired) electrons. The van der Waals surface area contributed by atoms with Crippen molar-refractivity contribution in [2.75, 3.05) is 13.7 Å². The van der Waals surface area contributed by atoms with E-state index in [1.54, 1.807) is 7.11 Å². The summed E-state index contributed by atoms with van der Waals surface area (Å²) in [5.74, 6) is 0.648. The SMILES string of the molecule is COCC(O)(CC1CCCC1)c1ccccc1. The van der Waals surface area contributed by atoms with E-state index in [4.69, 9.17) is 4.74 Å². The molecular weight excluding hydrogens is 212 g/mol. The van der Waals surface area contributed by atoms with Gasteiger partial charge in [0.1, 0.15) is 5.60 Å². The molecule has 1 aromatic carbocycles. The highest BCUT2D eigenvalue weighted by atomic mass is 16.5. The van der Waals surface area contributed by atoms with Crippen LogP contribution in [0.5, 0.6) is 0 Å². The summed E-state index contributed by atoms with van der Waals surface area (Å²) in [6.07, 6.45) is 5.94. The predicted molar refractivity (Wildman–Crippen MR) is 68.8 cm³/mol. The van der Waals surface area contributed by atoms with Gasteiger partial charge < -0.3 is 9.84 Å². The Kier molecular flexibility index (Phi) is 4.19. The van der Waals surface area contributed by atoms with Crippen molar-refractivity contribution in [2.24, 2.45) is 5.92 Å². The van der Waals surface area contributed by atoms with E-state index in [0.717, 1.165) is 12.0 Å². The van der Waals surface area contributed by atoms with E-state index in [-0.39, 0.29) is 0 Å². The van der Waals surface area contributed by atoms with E-state index in [2.05, 4.69) is 0 Å². The fourth-order valence-electron chi connectivity index (χ4n) is 2.94. The van der Waals surface area contributed by atoms with Crippen LogP contribution in [0.1, 0.15) is 37.7 Å². The summed E-state index contributed by atoms with van der Waals surface area (Å²) in [4.78, 5) is 0. The van der Waals surface area contributed by atoms with Crippen LogP contribution in [-0.2, 0) is 10.3 Å². The molecular formula is C15H22O2. The molecule has 0 heterocycles. The monoisotopic (exact) mass is 234 g/mol. The second-order valence-electron chi connectivity index (χ2n) is 5.19. The molecule has 0 aliphatic heterocycles. The first-order valence-electron chi connectivity index (χ1n) is 6.51. The van der Waals surface area contributed by atoms with Gasteiger partial charge in [-0.2, -0.15) is 0 Å². The minimum absolute atomic E-state index is 0.382. The molecule has 1 atom stereocenters. The predicted octanol–water partition coefficient (Wildman–Crippen LogP) is 3.10. The average Bonchev–Trinajstić information content (AvgIpc) is 2.83. The summed E-state index contributed by atoms with van der Waals surface area (Å²) >= 11 is 0. The maximum absolute atomic E-state index is 10.8.